The van der Waals surface area contributed by atoms with Gasteiger partial charge in [0, 0.05) is 18.2 Å². The molecule has 1 aromatic carbocycles. The summed E-state index contributed by atoms with van der Waals surface area (Å²) in [7, 11) is 0. The van der Waals surface area contributed by atoms with E-state index in [2.05, 4.69) is 18.3 Å². The van der Waals surface area contributed by atoms with Crippen LogP contribution in [0.5, 0.6) is 11.5 Å². The molecule has 1 aliphatic carbocycles. The van der Waals surface area contributed by atoms with Crippen LogP contribution in [-0.2, 0) is 6.54 Å². The van der Waals surface area contributed by atoms with Gasteiger partial charge in [-0.3, -0.25) is 0 Å². The van der Waals surface area contributed by atoms with Crippen molar-refractivity contribution in [3.63, 3.8) is 0 Å². The summed E-state index contributed by atoms with van der Waals surface area (Å²) in [6, 6.07) is 6.80. The van der Waals surface area contributed by atoms with Crippen molar-refractivity contribution in [2.75, 3.05) is 13.2 Å². The monoisotopic (exact) mass is 261 g/mol. The van der Waals surface area contributed by atoms with Crippen LogP contribution in [0.25, 0.3) is 0 Å². The Hall–Kier alpha value is -1.22. The van der Waals surface area contributed by atoms with Crippen LogP contribution in [0.1, 0.15) is 38.2 Å². The highest BCUT2D eigenvalue weighted by atomic mass is 16.6. The van der Waals surface area contributed by atoms with E-state index in [-0.39, 0.29) is 0 Å². The summed E-state index contributed by atoms with van der Waals surface area (Å²) in [6.07, 6.45) is 5.37. The van der Waals surface area contributed by atoms with Crippen LogP contribution in [0.15, 0.2) is 18.2 Å². The van der Waals surface area contributed by atoms with Gasteiger partial charge in [-0.2, -0.15) is 0 Å². The first-order valence-electron chi connectivity index (χ1n) is 7.47. The number of benzene rings is 1. The molecule has 1 heterocycles. The van der Waals surface area contributed by atoms with Crippen LogP contribution in [0.4, 0.5) is 0 Å². The van der Waals surface area contributed by atoms with E-state index in [0.29, 0.717) is 19.3 Å². The fourth-order valence-electron chi connectivity index (χ4n) is 2.68. The van der Waals surface area contributed by atoms with Gasteiger partial charge in [-0.05, 0) is 24.8 Å². The molecule has 3 heteroatoms. The predicted molar refractivity (Wildman–Crippen MR) is 75.7 cm³/mol. The SMILES string of the molecule is CCC(CC1CC1)NCc1cccc2c1OCCO2. The zero-order chi connectivity index (χ0) is 13.1. The van der Waals surface area contributed by atoms with Crippen molar-refractivity contribution < 1.29 is 9.47 Å². The van der Waals surface area contributed by atoms with Crippen LogP contribution in [-0.4, -0.2) is 19.3 Å². The molecule has 0 amide bonds. The highest BCUT2D eigenvalue weighted by Gasteiger charge is 2.24. The standard InChI is InChI=1S/C16H23NO2/c1-2-14(10-12-6-7-12)17-11-13-4-3-5-15-16(13)19-9-8-18-15/h3-5,12,14,17H,2,6-11H2,1H3. The average molecular weight is 261 g/mol. The number of ether oxygens (including phenoxy) is 2. The zero-order valence-corrected chi connectivity index (χ0v) is 11.7. The highest BCUT2D eigenvalue weighted by molar-refractivity contribution is 5.47. The summed E-state index contributed by atoms with van der Waals surface area (Å²) < 4.78 is 11.4. The molecule has 3 rings (SSSR count). The molecular weight excluding hydrogens is 238 g/mol. The van der Waals surface area contributed by atoms with Crippen LogP contribution >= 0.6 is 0 Å². The van der Waals surface area contributed by atoms with Crippen molar-refractivity contribution in [2.24, 2.45) is 5.92 Å². The number of hydrogen-bond donors (Lipinski definition) is 1. The second-order valence-corrected chi connectivity index (χ2v) is 5.61. The van der Waals surface area contributed by atoms with Crippen molar-refractivity contribution in [3.05, 3.63) is 23.8 Å². The van der Waals surface area contributed by atoms with Crippen molar-refractivity contribution >= 4 is 0 Å². The minimum atomic E-state index is 0.632. The molecule has 19 heavy (non-hydrogen) atoms. The molecule has 2 aliphatic rings. The maximum absolute atomic E-state index is 5.75. The third kappa shape index (κ3) is 3.21. The van der Waals surface area contributed by atoms with Gasteiger partial charge >= 0.3 is 0 Å². The Balaban J connectivity index is 1.62. The summed E-state index contributed by atoms with van der Waals surface area (Å²) in [5.74, 6) is 2.80. The zero-order valence-electron chi connectivity index (χ0n) is 11.7. The van der Waals surface area contributed by atoms with Crippen molar-refractivity contribution in [2.45, 2.75) is 45.2 Å². The Bertz CT molecular complexity index is 429. The molecule has 1 atom stereocenters. The fourth-order valence-corrected chi connectivity index (χ4v) is 2.68. The highest BCUT2D eigenvalue weighted by Crippen LogP contribution is 2.35. The predicted octanol–water partition coefficient (Wildman–Crippen LogP) is 3.13. The first-order chi connectivity index (χ1) is 9.36. The molecule has 104 valence electrons. The lowest BCUT2D eigenvalue weighted by Gasteiger charge is -2.22. The summed E-state index contributed by atoms with van der Waals surface area (Å²) in [4.78, 5) is 0. The van der Waals surface area contributed by atoms with Crippen LogP contribution < -0.4 is 14.8 Å². The molecular formula is C16H23NO2. The minimum absolute atomic E-state index is 0.632. The van der Waals surface area contributed by atoms with E-state index in [1.165, 1.54) is 31.2 Å². The Labute approximate surface area is 115 Å². The van der Waals surface area contributed by atoms with Crippen molar-refractivity contribution in [1.29, 1.82) is 0 Å². The number of hydrogen-bond acceptors (Lipinski definition) is 3. The Kier molecular flexibility index (Phi) is 3.92. The van der Waals surface area contributed by atoms with Gasteiger partial charge in [-0.1, -0.05) is 31.9 Å². The second-order valence-electron chi connectivity index (χ2n) is 5.61. The molecule has 0 saturated heterocycles. The molecule has 1 fully saturated rings. The first-order valence-corrected chi connectivity index (χ1v) is 7.47. The maximum Gasteiger partial charge on any atom is 0.165 e. The van der Waals surface area contributed by atoms with Gasteiger partial charge in [-0.25, -0.2) is 0 Å². The number of nitrogens with one attached hydrogen (secondary N) is 1. The Morgan fingerprint density at radius 1 is 1.26 bits per heavy atom. The first kappa shape index (κ1) is 12.8. The van der Waals surface area contributed by atoms with Crippen LogP contribution in [0.2, 0.25) is 0 Å². The largest absolute Gasteiger partial charge is 0.486 e. The van der Waals surface area contributed by atoms with E-state index in [9.17, 15) is 0 Å². The van der Waals surface area contributed by atoms with E-state index < -0.39 is 0 Å². The Morgan fingerprint density at radius 3 is 2.89 bits per heavy atom. The van der Waals surface area contributed by atoms with E-state index in [4.69, 9.17) is 9.47 Å². The quantitative estimate of drug-likeness (QED) is 0.853. The molecule has 0 bridgehead atoms. The van der Waals surface area contributed by atoms with E-state index in [1.807, 2.05) is 12.1 Å². The number of rotatable bonds is 6. The third-order valence-electron chi connectivity index (χ3n) is 4.04. The van der Waals surface area contributed by atoms with E-state index in [1.54, 1.807) is 0 Å². The second kappa shape index (κ2) is 5.83. The molecule has 0 aromatic heterocycles. The van der Waals surface area contributed by atoms with Gasteiger partial charge in [0.15, 0.2) is 11.5 Å². The third-order valence-corrected chi connectivity index (χ3v) is 4.04. The lowest BCUT2D eigenvalue weighted by atomic mass is 10.1. The van der Waals surface area contributed by atoms with Gasteiger partial charge < -0.3 is 14.8 Å². The van der Waals surface area contributed by atoms with Gasteiger partial charge in [0.25, 0.3) is 0 Å². The molecule has 1 saturated carbocycles. The molecule has 0 radical (unpaired) electrons. The van der Waals surface area contributed by atoms with Gasteiger partial charge in [0.2, 0.25) is 0 Å². The van der Waals surface area contributed by atoms with Gasteiger partial charge in [-0.15, -0.1) is 0 Å². The lowest BCUT2D eigenvalue weighted by Crippen LogP contribution is -2.29. The minimum Gasteiger partial charge on any atom is -0.486 e. The van der Waals surface area contributed by atoms with E-state index >= 15 is 0 Å². The number of fused-ring (bicyclic) bond motifs is 1. The normalized spacial score (nSPS) is 19.2. The van der Waals surface area contributed by atoms with Crippen LogP contribution in [0.3, 0.4) is 0 Å². The summed E-state index contributed by atoms with van der Waals surface area (Å²) >= 11 is 0. The fraction of sp³-hybridized carbons (Fsp3) is 0.625. The summed E-state index contributed by atoms with van der Waals surface area (Å²) in [5, 5.41) is 3.67. The maximum atomic E-state index is 5.75. The lowest BCUT2D eigenvalue weighted by molar-refractivity contribution is 0.169. The molecule has 1 aromatic rings. The molecule has 0 spiro atoms. The molecule has 1 aliphatic heterocycles. The molecule has 1 unspecified atom stereocenters. The van der Waals surface area contributed by atoms with Gasteiger partial charge in [0.1, 0.15) is 13.2 Å². The smallest absolute Gasteiger partial charge is 0.165 e. The molecule has 3 nitrogen and oxygen atoms in total. The average Bonchev–Trinajstić information content (AvgIpc) is 3.27. The molecule has 1 N–H and O–H groups in total. The van der Waals surface area contributed by atoms with E-state index in [0.717, 1.165) is 24.0 Å². The summed E-state index contributed by atoms with van der Waals surface area (Å²) in [5.41, 5.74) is 1.21. The van der Waals surface area contributed by atoms with Gasteiger partial charge in [0.05, 0.1) is 0 Å². The Morgan fingerprint density at radius 2 is 2.11 bits per heavy atom. The van der Waals surface area contributed by atoms with Crippen molar-refractivity contribution in [1.82, 2.24) is 5.32 Å². The topological polar surface area (TPSA) is 30.5 Å². The van der Waals surface area contributed by atoms with Crippen LogP contribution in [0, 0.1) is 5.92 Å². The number of para-hydroxylation sites is 1. The summed E-state index contributed by atoms with van der Waals surface area (Å²) in [6.45, 7) is 4.45. The van der Waals surface area contributed by atoms with Crippen molar-refractivity contribution in [3.8, 4) is 11.5 Å².